The quantitative estimate of drug-likeness (QED) is 0.704. The highest BCUT2D eigenvalue weighted by atomic mass is 32.2. The predicted octanol–water partition coefficient (Wildman–Crippen LogP) is 0.384. The lowest BCUT2D eigenvalue weighted by atomic mass is 10.4. The molecule has 7 heteroatoms. The van der Waals surface area contributed by atoms with E-state index in [-0.39, 0.29) is 10.8 Å². The van der Waals surface area contributed by atoms with Crippen molar-refractivity contribution < 1.29 is 13.2 Å². The third kappa shape index (κ3) is 1.27. The summed E-state index contributed by atoms with van der Waals surface area (Å²) in [7, 11) is -3.17. The zero-order chi connectivity index (χ0) is 10.4. The van der Waals surface area contributed by atoms with E-state index < -0.39 is 14.6 Å². The molecule has 0 aromatic carbocycles. The molecule has 1 aromatic rings. The van der Waals surface area contributed by atoms with Gasteiger partial charge in [0.25, 0.3) is 0 Å². The van der Waals surface area contributed by atoms with Crippen molar-refractivity contribution in [3.05, 3.63) is 10.8 Å². The van der Waals surface area contributed by atoms with Crippen molar-refractivity contribution in [3.63, 3.8) is 0 Å². The summed E-state index contributed by atoms with van der Waals surface area (Å²) in [6.45, 7) is 0. The Morgan fingerprint density at radius 1 is 1.50 bits per heavy atom. The first-order valence-electron chi connectivity index (χ1n) is 3.98. The molecule has 0 N–H and O–H groups in total. The van der Waals surface area contributed by atoms with Gasteiger partial charge in [0.15, 0.2) is 27.0 Å². The first kappa shape index (κ1) is 9.72. The van der Waals surface area contributed by atoms with Gasteiger partial charge in [-0.05, 0) is 24.4 Å². The Kier molecular flexibility index (Phi) is 1.97. The van der Waals surface area contributed by atoms with Crippen LogP contribution in [0, 0.1) is 0 Å². The van der Waals surface area contributed by atoms with Gasteiger partial charge in [0, 0.05) is 6.26 Å². The Morgan fingerprint density at radius 2 is 2.14 bits per heavy atom. The molecule has 1 aliphatic rings. The van der Waals surface area contributed by atoms with E-state index >= 15 is 0 Å². The molecule has 0 radical (unpaired) electrons. The standard InChI is InChI=1S/C7H8N2O3S2/c1-14(11,12)7(2-3-7)6-8-5(4-10)13-9-6/h4H,2-3H2,1H3. The van der Waals surface area contributed by atoms with Gasteiger partial charge in [0.05, 0.1) is 0 Å². The van der Waals surface area contributed by atoms with Crippen LogP contribution in [0.25, 0.3) is 0 Å². The number of carbonyl (C=O) groups excluding carboxylic acids is 1. The second kappa shape index (κ2) is 2.83. The van der Waals surface area contributed by atoms with Gasteiger partial charge in [-0.15, -0.1) is 0 Å². The van der Waals surface area contributed by atoms with Crippen LogP contribution in [0.4, 0.5) is 0 Å². The van der Waals surface area contributed by atoms with Crippen molar-refractivity contribution in [2.45, 2.75) is 17.6 Å². The maximum Gasteiger partial charge on any atom is 0.180 e. The average Bonchev–Trinajstić information content (AvgIpc) is 2.79. The molecular formula is C7H8N2O3S2. The number of carbonyl (C=O) groups is 1. The summed E-state index contributed by atoms with van der Waals surface area (Å²) in [6, 6.07) is 0. The molecule has 1 fully saturated rings. The van der Waals surface area contributed by atoms with Crippen molar-refractivity contribution in [1.82, 2.24) is 9.36 Å². The largest absolute Gasteiger partial charge is 0.295 e. The fourth-order valence-electron chi connectivity index (χ4n) is 1.34. The zero-order valence-corrected chi connectivity index (χ0v) is 9.06. The third-order valence-electron chi connectivity index (χ3n) is 2.36. The number of hydrogen-bond acceptors (Lipinski definition) is 6. The number of hydrogen-bond donors (Lipinski definition) is 0. The molecule has 1 aromatic heterocycles. The summed E-state index contributed by atoms with van der Waals surface area (Å²) in [5, 5.41) is 0.231. The van der Waals surface area contributed by atoms with E-state index in [9.17, 15) is 13.2 Å². The van der Waals surface area contributed by atoms with Gasteiger partial charge >= 0.3 is 0 Å². The third-order valence-corrected chi connectivity index (χ3v) is 5.01. The van der Waals surface area contributed by atoms with Crippen molar-refractivity contribution in [2.75, 3.05) is 6.26 Å². The summed E-state index contributed by atoms with van der Waals surface area (Å²) >= 11 is 0.939. The highest BCUT2D eigenvalue weighted by Crippen LogP contribution is 2.51. The second-order valence-electron chi connectivity index (χ2n) is 3.34. The lowest BCUT2D eigenvalue weighted by Gasteiger charge is -2.06. The van der Waals surface area contributed by atoms with Gasteiger partial charge in [-0.25, -0.2) is 13.4 Å². The van der Waals surface area contributed by atoms with Crippen LogP contribution in [0.2, 0.25) is 0 Å². The summed E-state index contributed by atoms with van der Waals surface area (Å²) in [4.78, 5) is 14.3. The number of nitrogens with zero attached hydrogens (tertiary/aromatic N) is 2. The number of sulfone groups is 1. The Balaban J connectivity index is 2.45. The topological polar surface area (TPSA) is 77.0 Å². The molecule has 0 saturated heterocycles. The first-order valence-corrected chi connectivity index (χ1v) is 6.65. The molecule has 0 unspecified atom stereocenters. The normalized spacial score (nSPS) is 19.2. The fourth-order valence-corrected chi connectivity index (χ4v) is 3.23. The van der Waals surface area contributed by atoms with Crippen LogP contribution in [-0.4, -0.2) is 30.3 Å². The van der Waals surface area contributed by atoms with Crippen molar-refractivity contribution in [3.8, 4) is 0 Å². The minimum Gasteiger partial charge on any atom is -0.295 e. The molecule has 1 aliphatic carbocycles. The molecule has 0 spiro atoms. The summed E-state index contributed by atoms with van der Waals surface area (Å²) in [5.74, 6) is 0.284. The van der Waals surface area contributed by atoms with Crippen LogP contribution >= 0.6 is 11.5 Å². The van der Waals surface area contributed by atoms with E-state index in [1.165, 1.54) is 6.26 Å². The molecule has 1 saturated carbocycles. The summed E-state index contributed by atoms with van der Waals surface area (Å²) < 4.78 is 25.9. The molecule has 5 nitrogen and oxygen atoms in total. The first-order chi connectivity index (χ1) is 6.49. The van der Waals surface area contributed by atoms with Crippen molar-refractivity contribution >= 4 is 27.7 Å². The van der Waals surface area contributed by atoms with Crippen LogP contribution < -0.4 is 0 Å². The van der Waals surface area contributed by atoms with Crippen LogP contribution in [-0.2, 0) is 14.6 Å². The second-order valence-corrected chi connectivity index (χ2v) is 6.45. The smallest absolute Gasteiger partial charge is 0.180 e. The summed E-state index contributed by atoms with van der Waals surface area (Å²) in [5.41, 5.74) is 0. The van der Waals surface area contributed by atoms with Gasteiger partial charge in [-0.1, -0.05) is 0 Å². The van der Waals surface area contributed by atoms with E-state index in [0.29, 0.717) is 19.1 Å². The molecule has 0 atom stereocenters. The van der Waals surface area contributed by atoms with E-state index in [0.717, 1.165) is 11.5 Å². The Labute approximate surface area is 85.3 Å². The minimum absolute atomic E-state index is 0.231. The molecule has 14 heavy (non-hydrogen) atoms. The Morgan fingerprint density at radius 3 is 2.50 bits per heavy atom. The molecule has 0 aliphatic heterocycles. The fraction of sp³-hybridized carbons (Fsp3) is 0.571. The van der Waals surface area contributed by atoms with Gasteiger partial charge in [-0.2, -0.15) is 4.37 Å². The molecule has 0 amide bonds. The van der Waals surface area contributed by atoms with Gasteiger partial charge < -0.3 is 0 Å². The molecule has 0 bridgehead atoms. The van der Waals surface area contributed by atoms with E-state index in [1.807, 2.05) is 0 Å². The van der Waals surface area contributed by atoms with Crippen LogP contribution in [0.5, 0.6) is 0 Å². The van der Waals surface area contributed by atoms with Crippen LogP contribution in [0.3, 0.4) is 0 Å². The predicted molar refractivity (Wildman–Crippen MR) is 51.1 cm³/mol. The summed E-state index contributed by atoms with van der Waals surface area (Å²) in [6.07, 6.45) is 2.88. The number of rotatable bonds is 3. The van der Waals surface area contributed by atoms with Gasteiger partial charge in [-0.3, -0.25) is 4.79 Å². The Hall–Kier alpha value is -0.820. The highest BCUT2D eigenvalue weighted by Gasteiger charge is 2.56. The van der Waals surface area contributed by atoms with Crippen molar-refractivity contribution in [1.29, 1.82) is 0 Å². The minimum atomic E-state index is -3.17. The van der Waals surface area contributed by atoms with E-state index in [1.54, 1.807) is 0 Å². The molecular weight excluding hydrogens is 224 g/mol. The lowest BCUT2D eigenvalue weighted by Crippen LogP contribution is -2.20. The maximum atomic E-state index is 11.4. The average molecular weight is 232 g/mol. The van der Waals surface area contributed by atoms with E-state index in [4.69, 9.17) is 0 Å². The van der Waals surface area contributed by atoms with Gasteiger partial charge in [0.2, 0.25) is 0 Å². The van der Waals surface area contributed by atoms with E-state index in [2.05, 4.69) is 9.36 Å². The van der Waals surface area contributed by atoms with Crippen LogP contribution in [0.1, 0.15) is 28.5 Å². The van der Waals surface area contributed by atoms with Crippen LogP contribution in [0.15, 0.2) is 0 Å². The molecule has 76 valence electrons. The molecule has 2 rings (SSSR count). The molecule has 1 heterocycles. The maximum absolute atomic E-state index is 11.4. The highest BCUT2D eigenvalue weighted by molar-refractivity contribution is 7.91. The number of aldehydes is 1. The number of aromatic nitrogens is 2. The monoisotopic (exact) mass is 232 g/mol. The Bertz CT molecular complexity index is 473. The lowest BCUT2D eigenvalue weighted by molar-refractivity contribution is 0.112. The zero-order valence-electron chi connectivity index (χ0n) is 7.43. The van der Waals surface area contributed by atoms with Crippen molar-refractivity contribution in [2.24, 2.45) is 0 Å². The van der Waals surface area contributed by atoms with Gasteiger partial charge in [0.1, 0.15) is 4.75 Å². The SMILES string of the molecule is CS(=O)(=O)C1(c2nsc(C=O)n2)CC1.